The summed E-state index contributed by atoms with van der Waals surface area (Å²) >= 11 is 0.905. The van der Waals surface area contributed by atoms with Crippen molar-refractivity contribution in [1.82, 2.24) is 14.8 Å². The van der Waals surface area contributed by atoms with Gasteiger partial charge in [0.25, 0.3) is 0 Å². The van der Waals surface area contributed by atoms with Gasteiger partial charge in [-0.05, 0) is 6.07 Å². The Morgan fingerprint density at radius 2 is 1.91 bits per heavy atom. The number of aromatic carboxylic acids is 1. The van der Waals surface area contributed by atoms with Crippen LogP contribution in [0.15, 0.2) is 41.8 Å². The van der Waals surface area contributed by atoms with E-state index in [0.29, 0.717) is 5.56 Å². The number of hydrogen-bond donors (Lipinski definition) is 1. The van der Waals surface area contributed by atoms with E-state index in [2.05, 4.69) is 10.1 Å². The van der Waals surface area contributed by atoms with Crippen LogP contribution < -0.4 is 0 Å². The number of benzene rings is 1. The molecule has 0 saturated heterocycles. The zero-order chi connectivity index (χ0) is 16.6. The molecule has 0 radical (unpaired) electrons. The summed E-state index contributed by atoms with van der Waals surface area (Å²) in [7, 11) is 0. The largest absolute Gasteiger partial charge is 0.476 e. The summed E-state index contributed by atoms with van der Waals surface area (Å²) in [6, 6.07) is 9.30. The molecule has 0 aliphatic heterocycles. The fraction of sp³-hybridized carbons (Fsp3) is 0.0714. The molecule has 0 fully saturated rings. The summed E-state index contributed by atoms with van der Waals surface area (Å²) in [5, 5.41) is 13.8. The van der Waals surface area contributed by atoms with Gasteiger partial charge in [-0.1, -0.05) is 30.3 Å². The van der Waals surface area contributed by atoms with Crippen LogP contribution in [-0.4, -0.2) is 25.8 Å². The number of alkyl halides is 3. The molecule has 1 aromatic carbocycles. The Balaban J connectivity index is 2.17. The fourth-order valence-electron chi connectivity index (χ4n) is 1.94. The van der Waals surface area contributed by atoms with Crippen LogP contribution in [-0.2, 0) is 6.18 Å². The second-order valence-corrected chi connectivity index (χ2v) is 5.35. The molecule has 5 nitrogen and oxygen atoms in total. The van der Waals surface area contributed by atoms with Crippen LogP contribution in [0.25, 0.3) is 16.4 Å². The van der Waals surface area contributed by atoms with E-state index in [1.165, 1.54) is 5.38 Å². The number of thiazole rings is 1. The molecule has 0 aliphatic carbocycles. The van der Waals surface area contributed by atoms with E-state index in [-0.39, 0.29) is 16.5 Å². The van der Waals surface area contributed by atoms with Gasteiger partial charge >= 0.3 is 12.1 Å². The predicted molar refractivity (Wildman–Crippen MR) is 76.6 cm³/mol. The third-order valence-electron chi connectivity index (χ3n) is 2.96. The van der Waals surface area contributed by atoms with Gasteiger partial charge in [-0.2, -0.15) is 18.3 Å². The number of carboxylic acid groups (broad SMARTS) is 1. The van der Waals surface area contributed by atoms with Crippen molar-refractivity contribution < 1.29 is 23.1 Å². The monoisotopic (exact) mass is 339 g/mol. The Kier molecular flexibility index (Phi) is 3.64. The van der Waals surface area contributed by atoms with Crippen LogP contribution in [0.1, 0.15) is 16.2 Å². The zero-order valence-corrected chi connectivity index (χ0v) is 12.1. The number of hydrogen-bond acceptors (Lipinski definition) is 4. The van der Waals surface area contributed by atoms with E-state index in [0.717, 1.165) is 22.1 Å². The van der Waals surface area contributed by atoms with E-state index >= 15 is 0 Å². The Bertz CT molecular complexity index is 856. The lowest BCUT2D eigenvalue weighted by molar-refractivity contribution is -0.141. The normalized spacial score (nSPS) is 11.6. The Labute approximate surface area is 131 Å². The van der Waals surface area contributed by atoms with Crippen molar-refractivity contribution in [1.29, 1.82) is 0 Å². The quantitative estimate of drug-likeness (QED) is 0.790. The molecule has 0 unspecified atom stereocenters. The topological polar surface area (TPSA) is 68.0 Å². The minimum absolute atomic E-state index is 0.0525. The van der Waals surface area contributed by atoms with Crippen molar-refractivity contribution in [3.05, 3.63) is 53.2 Å². The number of aromatic nitrogens is 3. The third kappa shape index (κ3) is 2.95. The first-order valence-electron chi connectivity index (χ1n) is 6.28. The molecule has 0 saturated carbocycles. The van der Waals surface area contributed by atoms with Crippen molar-refractivity contribution in [2.24, 2.45) is 0 Å². The molecule has 2 heterocycles. The van der Waals surface area contributed by atoms with E-state index in [9.17, 15) is 18.0 Å². The first-order valence-corrected chi connectivity index (χ1v) is 7.16. The summed E-state index contributed by atoms with van der Waals surface area (Å²) in [5.74, 6) is -1.25. The molecule has 2 aromatic heterocycles. The highest BCUT2D eigenvalue weighted by Crippen LogP contribution is 2.33. The van der Waals surface area contributed by atoms with Gasteiger partial charge in [-0.25, -0.2) is 14.5 Å². The van der Waals surface area contributed by atoms with Gasteiger partial charge in [-0.15, -0.1) is 11.3 Å². The molecule has 3 aromatic rings. The molecule has 0 amide bonds. The third-order valence-corrected chi connectivity index (χ3v) is 3.78. The Morgan fingerprint density at radius 1 is 1.22 bits per heavy atom. The molecule has 0 spiro atoms. The molecular weight excluding hydrogens is 331 g/mol. The van der Waals surface area contributed by atoms with E-state index in [1.807, 2.05) is 0 Å². The predicted octanol–water partition coefficient (Wildman–Crippen LogP) is 3.71. The first kappa shape index (κ1) is 15.2. The average Bonchev–Trinajstić information content (AvgIpc) is 3.14. The van der Waals surface area contributed by atoms with Crippen LogP contribution in [0.4, 0.5) is 13.2 Å². The van der Waals surface area contributed by atoms with Gasteiger partial charge < -0.3 is 5.11 Å². The maximum atomic E-state index is 13.0. The lowest BCUT2D eigenvalue weighted by atomic mass is 10.1. The maximum Gasteiger partial charge on any atom is 0.435 e. The number of rotatable bonds is 3. The van der Waals surface area contributed by atoms with Gasteiger partial charge in [0.05, 0.1) is 5.69 Å². The molecule has 0 atom stereocenters. The van der Waals surface area contributed by atoms with Gasteiger partial charge in [0, 0.05) is 10.9 Å². The molecule has 0 bridgehead atoms. The van der Waals surface area contributed by atoms with Gasteiger partial charge in [-0.3, -0.25) is 0 Å². The summed E-state index contributed by atoms with van der Waals surface area (Å²) in [5.41, 5.74) is -0.608. The molecule has 9 heteroatoms. The minimum atomic E-state index is -4.61. The summed E-state index contributed by atoms with van der Waals surface area (Å²) in [6.45, 7) is 0. The van der Waals surface area contributed by atoms with Crippen molar-refractivity contribution in [2.45, 2.75) is 6.18 Å². The van der Waals surface area contributed by atoms with Gasteiger partial charge in [0.1, 0.15) is 0 Å². The Morgan fingerprint density at radius 3 is 2.48 bits per heavy atom. The molecule has 3 rings (SSSR count). The van der Waals surface area contributed by atoms with Gasteiger partial charge in [0.15, 0.2) is 11.4 Å². The smallest absolute Gasteiger partial charge is 0.435 e. The molecular formula is C14H8F3N3O2S. The van der Waals surface area contributed by atoms with Crippen LogP contribution in [0, 0.1) is 0 Å². The maximum absolute atomic E-state index is 13.0. The number of halogens is 3. The number of nitrogens with zero attached hydrogens (tertiary/aromatic N) is 3. The second kappa shape index (κ2) is 5.51. The average molecular weight is 339 g/mol. The lowest BCUT2D eigenvalue weighted by Gasteiger charge is -2.03. The van der Waals surface area contributed by atoms with E-state index < -0.39 is 17.8 Å². The molecule has 1 N–H and O–H groups in total. The minimum Gasteiger partial charge on any atom is -0.476 e. The fourth-order valence-corrected chi connectivity index (χ4v) is 2.70. The van der Waals surface area contributed by atoms with Crippen LogP contribution in [0.5, 0.6) is 0 Å². The van der Waals surface area contributed by atoms with Crippen LogP contribution in [0.3, 0.4) is 0 Å². The molecule has 0 aliphatic rings. The lowest BCUT2D eigenvalue weighted by Crippen LogP contribution is -2.07. The first-order chi connectivity index (χ1) is 10.9. The second-order valence-electron chi connectivity index (χ2n) is 4.51. The van der Waals surface area contributed by atoms with E-state index in [1.54, 1.807) is 30.3 Å². The zero-order valence-electron chi connectivity index (χ0n) is 11.3. The van der Waals surface area contributed by atoms with Crippen molar-refractivity contribution >= 4 is 17.3 Å². The number of carbonyl (C=O) groups is 1. The van der Waals surface area contributed by atoms with Crippen molar-refractivity contribution in [3.63, 3.8) is 0 Å². The van der Waals surface area contributed by atoms with Crippen LogP contribution >= 0.6 is 11.3 Å². The molecule has 23 heavy (non-hydrogen) atoms. The summed E-state index contributed by atoms with van der Waals surface area (Å²) in [6.07, 6.45) is -4.61. The van der Waals surface area contributed by atoms with Crippen molar-refractivity contribution in [3.8, 4) is 16.4 Å². The highest BCUT2D eigenvalue weighted by molar-refractivity contribution is 7.12. The highest BCUT2D eigenvalue weighted by Gasteiger charge is 2.35. The molecule has 118 valence electrons. The summed E-state index contributed by atoms with van der Waals surface area (Å²) in [4.78, 5) is 14.7. The SMILES string of the molecule is O=C(O)c1csc(-n2nc(C(F)(F)F)cc2-c2ccccc2)n1. The van der Waals surface area contributed by atoms with Gasteiger partial charge in [0.2, 0.25) is 5.13 Å². The number of carboxylic acids is 1. The van der Waals surface area contributed by atoms with Crippen LogP contribution in [0.2, 0.25) is 0 Å². The Hall–Kier alpha value is -2.68. The highest BCUT2D eigenvalue weighted by atomic mass is 32.1. The summed E-state index contributed by atoms with van der Waals surface area (Å²) < 4.78 is 39.9. The van der Waals surface area contributed by atoms with Crippen molar-refractivity contribution in [2.75, 3.05) is 0 Å². The standard InChI is InChI=1S/C14H8F3N3O2S/c15-14(16,17)11-6-10(8-4-2-1-3-5-8)20(19-11)13-18-9(7-23-13)12(21)22/h1-7H,(H,21,22). The van der Waals surface area contributed by atoms with E-state index in [4.69, 9.17) is 5.11 Å².